The number of thiazole rings is 1. The second kappa shape index (κ2) is 8.43. The van der Waals surface area contributed by atoms with Crippen molar-refractivity contribution < 1.29 is 14.6 Å². The van der Waals surface area contributed by atoms with Crippen molar-refractivity contribution >= 4 is 34.5 Å². The van der Waals surface area contributed by atoms with Crippen molar-refractivity contribution in [2.24, 2.45) is 5.73 Å². The van der Waals surface area contributed by atoms with Crippen molar-refractivity contribution in [3.05, 3.63) is 69.8 Å². The van der Waals surface area contributed by atoms with E-state index in [4.69, 9.17) is 22.1 Å². The molecule has 30 heavy (non-hydrogen) atoms. The molecule has 1 amide bonds. The number of hydrogen-bond acceptors (Lipinski definition) is 6. The Morgan fingerprint density at radius 1 is 1.37 bits per heavy atom. The number of pyridine rings is 1. The second-order valence-electron chi connectivity index (χ2n) is 6.74. The Kier molecular flexibility index (Phi) is 5.72. The van der Waals surface area contributed by atoms with Crippen molar-refractivity contribution in [3.63, 3.8) is 0 Å². The number of ether oxygens (including phenoxy) is 1. The number of imidazole rings is 1. The third-order valence-corrected chi connectivity index (χ3v) is 5.99. The fourth-order valence-corrected chi connectivity index (χ4v) is 4.50. The number of rotatable bonds is 7. The molecule has 0 saturated carbocycles. The lowest BCUT2D eigenvalue weighted by Crippen LogP contribution is -2.14. The van der Waals surface area contributed by atoms with Crippen LogP contribution in [0.3, 0.4) is 0 Å². The Bertz CT molecular complexity index is 1220. The first-order valence-corrected chi connectivity index (χ1v) is 10.4. The summed E-state index contributed by atoms with van der Waals surface area (Å²) in [6, 6.07) is 11.0. The number of carbonyl (C=O) groups excluding carboxylic acids is 1. The van der Waals surface area contributed by atoms with Gasteiger partial charge in [0.05, 0.1) is 24.1 Å². The van der Waals surface area contributed by atoms with Gasteiger partial charge < -0.3 is 15.6 Å². The summed E-state index contributed by atoms with van der Waals surface area (Å²) in [6.07, 6.45) is 3.24. The van der Waals surface area contributed by atoms with E-state index < -0.39 is 12.0 Å². The zero-order chi connectivity index (χ0) is 21.3. The van der Waals surface area contributed by atoms with Crippen LogP contribution in [0, 0.1) is 0 Å². The molecule has 0 saturated heterocycles. The number of primary amides is 1. The van der Waals surface area contributed by atoms with Crippen LogP contribution in [-0.2, 0) is 17.8 Å². The van der Waals surface area contributed by atoms with Crippen LogP contribution in [0.25, 0.3) is 16.3 Å². The van der Waals surface area contributed by atoms with Crippen molar-refractivity contribution in [3.8, 4) is 16.6 Å². The number of nitrogens with two attached hydrogens (primary N) is 1. The number of aliphatic hydroxyl groups excluding tert-OH is 1. The number of amides is 1. The molecule has 0 bridgehead atoms. The molecule has 1 atom stereocenters. The van der Waals surface area contributed by atoms with Crippen LogP contribution in [0.2, 0.25) is 5.02 Å². The Morgan fingerprint density at radius 3 is 2.93 bits per heavy atom. The first-order valence-electron chi connectivity index (χ1n) is 9.22. The Labute approximate surface area is 181 Å². The second-order valence-corrected chi connectivity index (χ2v) is 8.23. The van der Waals surface area contributed by atoms with Crippen LogP contribution in [0.5, 0.6) is 5.88 Å². The van der Waals surface area contributed by atoms with Gasteiger partial charge in [-0.1, -0.05) is 29.8 Å². The van der Waals surface area contributed by atoms with Crippen LogP contribution in [-0.4, -0.2) is 25.4 Å². The van der Waals surface area contributed by atoms with E-state index in [-0.39, 0.29) is 13.0 Å². The Morgan fingerprint density at radius 2 is 2.20 bits per heavy atom. The number of benzene rings is 1. The van der Waals surface area contributed by atoms with E-state index in [0.717, 1.165) is 16.9 Å². The molecule has 3 heterocycles. The first-order chi connectivity index (χ1) is 14.5. The molecule has 1 aromatic carbocycles. The zero-order valence-electron chi connectivity index (χ0n) is 16.1. The van der Waals surface area contributed by atoms with Gasteiger partial charge in [0.1, 0.15) is 22.5 Å². The smallest absolute Gasteiger partial charge is 0.229 e. The molecular formula is C21H19ClN4O3S. The van der Waals surface area contributed by atoms with Gasteiger partial charge in [-0.05, 0) is 30.7 Å². The molecule has 4 rings (SSSR count). The number of aliphatic hydroxyl groups is 1. The highest BCUT2D eigenvalue weighted by Gasteiger charge is 2.21. The molecule has 0 unspecified atom stereocenters. The minimum absolute atomic E-state index is 0.0215. The molecule has 9 heteroatoms. The standard InChI is InChI=1S/C21H19ClN4O3S/c1-12(14-6-5-13(11-27)8-15(14)22)29-20-17(9-18(23)28)30-21(25-20)16-10-24-19-4-2-3-7-26(16)19/h2-8,10,12,27H,9,11H2,1H3,(H2,23,28)/t12-/m1/s1. The molecule has 0 aliphatic rings. The quantitative estimate of drug-likeness (QED) is 0.453. The lowest BCUT2D eigenvalue weighted by atomic mass is 10.1. The fraction of sp³-hybridized carbons (Fsp3) is 0.190. The molecule has 3 aromatic heterocycles. The lowest BCUT2D eigenvalue weighted by Gasteiger charge is -2.16. The summed E-state index contributed by atoms with van der Waals surface area (Å²) < 4.78 is 8.01. The van der Waals surface area contributed by atoms with E-state index in [1.165, 1.54) is 11.3 Å². The molecular weight excluding hydrogens is 424 g/mol. The van der Waals surface area contributed by atoms with Crippen LogP contribution >= 0.6 is 22.9 Å². The first kappa shape index (κ1) is 20.3. The van der Waals surface area contributed by atoms with Crippen molar-refractivity contribution in [1.82, 2.24) is 14.4 Å². The molecule has 0 aliphatic carbocycles. The third-order valence-electron chi connectivity index (χ3n) is 4.61. The largest absolute Gasteiger partial charge is 0.469 e. The molecule has 3 N–H and O–H groups in total. The Hall–Kier alpha value is -2.94. The van der Waals surface area contributed by atoms with E-state index >= 15 is 0 Å². The highest BCUT2D eigenvalue weighted by atomic mass is 35.5. The predicted molar refractivity (Wildman–Crippen MR) is 116 cm³/mol. The summed E-state index contributed by atoms with van der Waals surface area (Å²) in [4.78, 5) is 21.3. The van der Waals surface area contributed by atoms with Gasteiger partial charge in [-0.2, -0.15) is 4.98 Å². The number of hydrogen-bond donors (Lipinski definition) is 2. The van der Waals surface area contributed by atoms with Crippen molar-refractivity contribution in [1.29, 1.82) is 0 Å². The number of carbonyl (C=O) groups is 1. The summed E-state index contributed by atoms with van der Waals surface area (Å²) in [5.74, 6) is -0.124. The third kappa shape index (κ3) is 4.02. The summed E-state index contributed by atoms with van der Waals surface area (Å²) in [5, 5.41) is 10.4. The maximum absolute atomic E-state index is 11.6. The molecule has 7 nitrogen and oxygen atoms in total. The van der Waals surface area contributed by atoms with Crippen LogP contribution < -0.4 is 10.5 Å². The molecule has 0 radical (unpaired) electrons. The molecule has 0 fully saturated rings. The number of halogens is 1. The minimum atomic E-state index is -0.467. The highest BCUT2D eigenvalue weighted by Crippen LogP contribution is 2.36. The molecule has 154 valence electrons. The van der Waals surface area contributed by atoms with Gasteiger partial charge in [0, 0.05) is 16.8 Å². The van der Waals surface area contributed by atoms with Gasteiger partial charge in [-0.15, -0.1) is 11.3 Å². The van der Waals surface area contributed by atoms with Crippen LogP contribution in [0.1, 0.15) is 29.0 Å². The summed E-state index contributed by atoms with van der Waals surface area (Å²) >= 11 is 7.69. The van der Waals surface area contributed by atoms with Gasteiger partial charge in [0.25, 0.3) is 0 Å². The van der Waals surface area contributed by atoms with E-state index in [1.54, 1.807) is 18.3 Å². The van der Waals surface area contributed by atoms with Gasteiger partial charge in [0.15, 0.2) is 0 Å². The number of fused-ring (bicyclic) bond motifs is 1. The van der Waals surface area contributed by atoms with Gasteiger partial charge in [-0.25, -0.2) is 4.98 Å². The van der Waals surface area contributed by atoms with Crippen LogP contribution in [0.4, 0.5) is 0 Å². The average molecular weight is 443 g/mol. The van der Waals surface area contributed by atoms with Crippen molar-refractivity contribution in [2.75, 3.05) is 0 Å². The zero-order valence-corrected chi connectivity index (χ0v) is 17.7. The predicted octanol–water partition coefficient (Wildman–Crippen LogP) is 3.77. The number of nitrogens with zero attached hydrogens (tertiary/aromatic N) is 3. The van der Waals surface area contributed by atoms with Gasteiger partial charge >= 0.3 is 0 Å². The van der Waals surface area contributed by atoms with E-state index in [9.17, 15) is 9.90 Å². The van der Waals surface area contributed by atoms with Crippen molar-refractivity contribution in [2.45, 2.75) is 26.1 Å². The fourth-order valence-electron chi connectivity index (χ4n) is 3.13. The van der Waals surface area contributed by atoms with Crippen LogP contribution in [0.15, 0.2) is 48.8 Å². The maximum Gasteiger partial charge on any atom is 0.229 e. The Balaban J connectivity index is 1.69. The highest BCUT2D eigenvalue weighted by molar-refractivity contribution is 7.15. The van der Waals surface area contributed by atoms with Gasteiger partial charge in [-0.3, -0.25) is 9.20 Å². The topological polar surface area (TPSA) is 103 Å². The molecule has 0 aliphatic heterocycles. The van der Waals surface area contributed by atoms with E-state index in [2.05, 4.69) is 9.97 Å². The minimum Gasteiger partial charge on any atom is -0.469 e. The lowest BCUT2D eigenvalue weighted by molar-refractivity contribution is -0.117. The molecule has 4 aromatic rings. The average Bonchev–Trinajstić information content (AvgIpc) is 3.31. The van der Waals surface area contributed by atoms with Gasteiger partial charge in [0.2, 0.25) is 11.8 Å². The maximum atomic E-state index is 11.6. The number of aromatic nitrogens is 3. The van der Waals surface area contributed by atoms with E-state index in [1.807, 2.05) is 41.8 Å². The summed E-state index contributed by atoms with van der Waals surface area (Å²) in [7, 11) is 0. The summed E-state index contributed by atoms with van der Waals surface area (Å²) in [5.41, 5.74) is 8.50. The molecule has 0 spiro atoms. The van der Waals surface area contributed by atoms with E-state index in [0.29, 0.717) is 26.4 Å². The normalized spacial score (nSPS) is 12.2. The SMILES string of the molecule is C[C@@H](Oc1nc(-c2cnc3ccccn23)sc1CC(N)=O)c1ccc(CO)cc1Cl. The monoisotopic (exact) mass is 442 g/mol. The summed E-state index contributed by atoms with van der Waals surface area (Å²) in [6.45, 7) is 1.76.